The van der Waals surface area contributed by atoms with Crippen molar-refractivity contribution in [1.29, 1.82) is 0 Å². The van der Waals surface area contributed by atoms with Gasteiger partial charge < -0.3 is 21.5 Å². The summed E-state index contributed by atoms with van der Waals surface area (Å²) >= 11 is 12.2. The number of carbonyl (C=O) groups is 2. The topological polar surface area (TPSA) is 120 Å². The highest BCUT2D eigenvalue weighted by atomic mass is 35.5. The van der Waals surface area contributed by atoms with Gasteiger partial charge in [0.05, 0.1) is 16.0 Å². The van der Waals surface area contributed by atoms with Crippen LogP contribution in [0.5, 0.6) is 5.75 Å². The molecule has 0 aliphatic heterocycles. The van der Waals surface area contributed by atoms with Crippen molar-refractivity contribution in [3.63, 3.8) is 0 Å². The lowest BCUT2D eigenvalue weighted by Gasteiger charge is -2.18. The van der Waals surface area contributed by atoms with Crippen LogP contribution < -0.4 is 21.5 Å². The van der Waals surface area contributed by atoms with Crippen LogP contribution in [0.3, 0.4) is 0 Å². The second kappa shape index (κ2) is 13.6. The number of nitrogens with zero attached hydrogens (tertiary/aromatic N) is 1. The van der Waals surface area contributed by atoms with E-state index in [9.17, 15) is 22.8 Å². The summed E-state index contributed by atoms with van der Waals surface area (Å²) in [6.07, 6.45) is -3.21. The Morgan fingerprint density at radius 1 is 1.05 bits per heavy atom. The lowest BCUT2D eigenvalue weighted by molar-refractivity contribution is -0.274. The summed E-state index contributed by atoms with van der Waals surface area (Å²) in [5.74, 6) is -2.53. The molecule has 7 nitrogen and oxygen atoms in total. The van der Waals surface area contributed by atoms with Crippen LogP contribution in [-0.2, 0) is 11.2 Å². The van der Waals surface area contributed by atoms with E-state index in [1.54, 1.807) is 36.4 Å². The minimum absolute atomic E-state index is 0.141. The van der Waals surface area contributed by atoms with Gasteiger partial charge >= 0.3 is 6.36 Å². The zero-order valence-electron chi connectivity index (χ0n) is 21.4. The quantitative estimate of drug-likeness (QED) is 0.184. The molecule has 1 unspecified atom stereocenters. The number of nitrogens with two attached hydrogens (primary N) is 2. The minimum atomic E-state index is -4.91. The molecular formula is C28H27Cl2F3N4O3. The van der Waals surface area contributed by atoms with Gasteiger partial charge in [0.25, 0.3) is 5.91 Å². The van der Waals surface area contributed by atoms with Crippen LogP contribution in [0.2, 0.25) is 10.0 Å². The summed E-state index contributed by atoms with van der Waals surface area (Å²) in [5.41, 5.74) is 14.0. The maximum absolute atomic E-state index is 13.2. The zero-order chi connectivity index (χ0) is 29.4. The molecule has 2 amide bonds. The van der Waals surface area contributed by atoms with Gasteiger partial charge in [-0.15, -0.1) is 13.2 Å². The molecule has 0 aromatic heterocycles. The van der Waals surface area contributed by atoms with E-state index < -0.39 is 23.9 Å². The SMILES string of the molecule is CCCc1ccc(NC(=O)C(CCN)c2ccc(Cl)c(Cl)c2)cc1C(N)=NC(=O)c1cccc(OC(F)(F)F)c1. The van der Waals surface area contributed by atoms with Crippen LogP contribution in [0.1, 0.15) is 52.7 Å². The predicted octanol–water partition coefficient (Wildman–Crippen LogP) is 6.46. The van der Waals surface area contributed by atoms with Gasteiger partial charge in [-0.2, -0.15) is 4.99 Å². The Hall–Kier alpha value is -3.60. The van der Waals surface area contributed by atoms with Crippen molar-refractivity contribution >= 4 is 46.5 Å². The lowest BCUT2D eigenvalue weighted by Crippen LogP contribution is -2.24. The van der Waals surface area contributed by atoms with Crippen LogP contribution in [0, 0.1) is 0 Å². The van der Waals surface area contributed by atoms with Gasteiger partial charge in [0.15, 0.2) is 0 Å². The summed E-state index contributed by atoms with van der Waals surface area (Å²) in [5, 5.41) is 3.52. The van der Waals surface area contributed by atoms with E-state index in [0.717, 1.165) is 24.1 Å². The first kappa shape index (κ1) is 30.9. The number of hydrogen-bond donors (Lipinski definition) is 3. The van der Waals surface area contributed by atoms with Crippen LogP contribution in [0.4, 0.5) is 18.9 Å². The molecule has 3 aromatic rings. The van der Waals surface area contributed by atoms with Crippen molar-refractivity contribution < 1.29 is 27.5 Å². The van der Waals surface area contributed by atoms with E-state index in [1.165, 1.54) is 12.1 Å². The van der Waals surface area contributed by atoms with E-state index in [-0.39, 0.29) is 23.9 Å². The van der Waals surface area contributed by atoms with Gasteiger partial charge in [0.1, 0.15) is 11.6 Å². The van der Waals surface area contributed by atoms with Crippen molar-refractivity contribution in [2.24, 2.45) is 16.5 Å². The van der Waals surface area contributed by atoms with Crippen LogP contribution in [-0.4, -0.2) is 30.6 Å². The molecule has 40 heavy (non-hydrogen) atoms. The number of anilines is 1. The smallest absolute Gasteiger partial charge is 0.406 e. The number of halogens is 5. The second-order valence-electron chi connectivity index (χ2n) is 8.79. The fourth-order valence-electron chi connectivity index (χ4n) is 4.01. The van der Waals surface area contributed by atoms with Gasteiger partial charge in [0.2, 0.25) is 5.91 Å². The van der Waals surface area contributed by atoms with Crippen LogP contribution in [0.15, 0.2) is 65.7 Å². The number of hydrogen-bond acceptors (Lipinski definition) is 4. The van der Waals surface area contributed by atoms with Crippen LogP contribution >= 0.6 is 23.2 Å². The molecule has 5 N–H and O–H groups in total. The van der Waals surface area contributed by atoms with E-state index >= 15 is 0 Å². The number of amidine groups is 1. The first-order chi connectivity index (χ1) is 18.9. The van der Waals surface area contributed by atoms with Gasteiger partial charge in [-0.05, 0) is 73.0 Å². The number of rotatable bonds is 10. The number of carbonyl (C=O) groups excluding carboxylic acids is 2. The summed E-state index contributed by atoms with van der Waals surface area (Å²) in [6, 6.07) is 14.5. The normalized spacial score (nSPS) is 12.6. The summed E-state index contributed by atoms with van der Waals surface area (Å²) in [7, 11) is 0. The lowest BCUT2D eigenvalue weighted by atomic mass is 9.94. The van der Waals surface area contributed by atoms with Crippen LogP contribution in [0.25, 0.3) is 0 Å². The molecule has 0 aliphatic carbocycles. The predicted molar refractivity (Wildman–Crippen MR) is 150 cm³/mol. The maximum atomic E-state index is 13.2. The molecule has 0 saturated heterocycles. The Morgan fingerprint density at radius 3 is 2.45 bits per heavy atom. The monoisotopic (exact) mass is 594 g/mol. The fraction of sp³-hybridized carbons (Fsp3) is 0.250. The van der Waals surface area contributed by atoms with E-state index in [1.807, 2.05) is 6.92 Å². The molecule has 0 bridgehead atoms. The van der Waals surface area contributed by atoms with Crippen molar-refractivity contribution in [3.8, 4) is 5.75 Å². The third kappa shape index (κ3) is 8.45. The van der Waals surface area contributed by atoms with Crippen molar-refractivity contribution in [3.05, 3.63) is 93.0 Å². The number of ether oxygens (including phenoxy) is 1. The third-order valence-corrected chi connectivity index (χ3v) is 6.57. The third-order valence-electron chi connectivity index (χ3n) is 5.83. The Morgan fingerprint density at radius 2 is 1.80 bits per heavy atom. The highest BCUT2D eigenvalue weighted by Gasteiger charge is 2.31. The summed E-state index contributed by atoms with van der Waals surface area (Å²) in [4.78, 5) is 29.9. The molecule has 12 heteroatoms. The molecule has 212 valence electrons. The number of alkyl halides is 3. The standard InChI is InChI=1S/C28H27Cl2F3N4O3/c1-2-4-16-7-9-19(36-27(39)21(11-12-34)17-8-10-23(29)24(30)14-17)15-22(16)25(35)37-26(38)18-5-3-6-20(13-18)40-28(31,32)33/h3,5-10,13-15,21H,2,4,11-12,34H2,1H3,(H,36,39)(H2,35,37,38). The molecule has 0 saturated carbocycles. The maximum Gasteiger partial charge on any atom is 0.573 e. The highest BCUT2D eigenvalue weighted by Crippen LogP contribution is 2.29. The number of benzene rings is 3. The first-order valence-electron chi connectivity index (χ1n) is 12.2. The molecule has 0 radical (unpaired) electrons. The van der Waals surface area contributed by atoms with Crippen molar-refractivity contribution in [1.82, 2.24) is 0 Å². The fourth-order valence-corrected chi connectivity index (χ4v) is 4.32. The molecule has 3 rings (SSSR count). The molecule has 3 aromatic carbocycles. The number of aryl methyl sites for hydroxylation is 1. The second-order valence-corrected chi connectivity index (χ2v) is 9.61. The average molecular weight is 595 g/mol. The summed E-state index contributed by atoms with van der Waals surface area (Å²) < 4.78 is 41.6. The highest BCUT2D eigenvalue weighted by molar-refractivity contribution is 6.42. The molecule has 0 aliphatic rings. The van der Waals surface area contributed by atoms with Gasteiger partial charge in [-0.25, -0.2) is 0 Å². The molecule has 0 heterocycles. The minimum Gasteiger partial charge on any atom is -0.406 e. The summed E-state index contributed by atoms with van der Waals surface area (Å²) in [6.45, 7) is 2.20. The molecular weight excluding hydrogens is 568 g/mol. The van der Waals surface area contributed by atoms with Gasteiger partial charge in [0, 0.05) is 16.8 Å². The number of nitrogens with one attached hydrogen (secondary N) is 1. The Balaban J connectivity index is 1.89. The van der Waals surface area contributed by atoms with Gasteiger partial charge in [-0.3, -0.25) is 9.59 Å². The molecule has 0 fully saturated rings. The van der Waals surface area contributed by atoms with Crippen molar-refractivity contribution in [2.45, 2.75) is 38.5 Å². The Kier molecular flexibility index (Phi) is 10.6. The Labute approximate surface area is 239 Å². The van der Waals surface area contributed by atoms with E-state index in [2.05, 4.69) is 15.0 Å². The van der Waals surface area contributed by atoms with Gasteiger partial charge in [-0.1, -0.05) is 54.7 Å². The largest absolute Gasteiger partial charge is 0.573 e. The Bertz CT molecular complexity index is 1410. The zero-order valence-corrected chi connectivity index (χ0v) is 22.9. The van der Waals surface area contributed by atoms with Crippen molar-refractivity contribution in [2.75, 3.05) is 11.9 Å². The number of aliphatic imine (C=N–C) groups is 1. The van der Waals surface area contributed by atoms with E-state index in [4.69, 9.17) is 34.7 Å². The number of amides is 2. The molecule has 0 spiro atoms. The average Bonchev–Trinajstić information content (AvgIpc) is 2.89. The van der Waals surface area contributed by atoms with E-state index in [0.29, 0.717) is 39.7 Å². The first-order valence-corrected chi connectivity index (χ1v) is 13.0. The molecule has 1 atom stereocenters.